The van der Waals surface area contributed by atoms with E-state index in [1.165, 1.54) is 0 Å². The summed E-state index contributed by atoms with van der Waals surface area (Å²) < 4.78 is 21.5. The third kappa shape index (κ3) is 5.28. The van der Waals surface area contributed by atoms with E-state index in [9.17, 15) is 4.79 Å². The SMILES string of the molecule is C=CC(=O)OCCOCCOc1cccc2cc(OCC)ccc12. The molecular formula is C19H22O5. The van der Waals surface area contributed by atoms with E-state index < -0.39 is 5.97 Å². The van der Waals surface area contributed by atoms with Crippen molar-refractivity contribution in [3.05, 3.63) is 49.1 Å². The Morgan fingerprint density at radius 3 is 2.71 bits per heavy atom. The number of esters is 1. The molecule has 2 aromatic rings. The number of carbonyl (C=O) groups excluding carboxylic acids is 1. The van der Waals surface area contributed by atoms with E-state index in [-0.39, 0.29) is 6.61 Å². The van der Waals surface area contributed by atoms with Crippen LogP contribution < -0.4 is 9.47 Å². The lowest BCUT2D eigenvalue weighted by Crippen LogP contribution is -2.12. The molecule has 0 bridgehead atoms. The Morgan fingerprint density at radius 1 is 1.08 bits per heavy atom. The lowest BCUT2D eigenvalue weighted by Gasteiger charge is -2.11. The van der Waals surface area contributed by atoms with Crippen molar-refractivity contribution in [2.45, 2.75) is 6.92 Å². The van der Waals surface area contributed by atoms with Gasteiger partial charge in [0.15, 0.2) is 0 Å². The molecule has 5 heteroatoms. The van der Waals surface area contributed by atoms with Gasteiger partial charge in [0.25, 0.3) is 0 Å². The Labute approximate surface area is 141 Å². The van der Waals surface area contributed by atoms with Gasteiger partial charge in [-0.15, -0.1) is 0 Å². The summed E-state index contributed by atoms with van der Waals surface area (Å²) >= 11 is 0. The van der Waals surface area contributed by atoms with Crippen LogP contribution >= 0.6 is 0 Å². The minimum atomic E-state index is -0.447. The quantitative estimate of drug-likeness (QED) is 0.380. The highest BCUT2D eigenvalue weighted by atomic mass is 16.6. The third-order valence-corrected chi connectivity index (χ3v) is 3.25. The molecule has 0 N–H and O–H groups in total. The van der Waals surface area contributed by atoms with E-state index in [0.29, 0.717) is 26.4 Å². The molecule has 0 aliphatic carbocycles. The lowest BCUT2D eigenvalue weighted by atomic mass is 10.1. The molecule has 0 fully saturated rings. The topological polar surface area (TPSA) is 54.0 Å². The van der Waals surface area contributed by atoms with Gasteiger partial charge in [0.05, 0.1) is 19.8 Å². The second-order valence-corrected chi connectivity index (χ2v) is 4.90. The zero-order valence-corrected chi connectivity index (χ0v) is 13.8. The molecule has 0 amide bonds. The molecule has 2 rings (SSSR count). The van der Waals surface area contributed by atoms with Gasteiger partial charge in [-0.3, -0.25) is 0 Å². The maximum atomic E-state index is 10.8. The fourth-order valence-electron chi connectivity index (χ4n) is 2.19. The monoisotopic (exact) mass is 330 g/mol. The number of hydrogen-bond acceptors (Lipinski definition) is 5. The second kappa shape index (κ2) is 9.57. The fourth-order valence-corrected chi connectivity index (χ4v) is 2.19. The van der Waals surface area contributed by atoms with Crippen LogP contribution in [0.25, 0.3) is 10.8 Å². The van der Waals surface area contributed by atoms with Crippen molar-refractivity contribution in [1.82, 2.24) is 0 Å². The Hall–Kier alpha value is -2.53. The first kappa shape index (κ1) is 17.8. The van der Waals surface area contributed by atoms with E-state index in [1.807, 2.05) is 43.3 Å². The Balaban J connectivity index is 1.80. The Kier molecular flexibility index (Phi) is 7.11. The average molecular weight is 330 g/mol. The summed E-state index contributed by atoms with van der Waals surface area (Å²) in [6.45, 7) is 7.29. The number of hydrogen-bond donors (Lipinski definition) is 0. The molecule has 0 spiro atoms. The van der Waals surface area contributed by atoms with Gasteiger partial charge in [0.1, 0.15) is 24.7 Å². The van der Waals surface area contributed by atoms with Gasteiger partial charge >= 0.3 is 5.97 Å². The molecule has 0 aromatic heterocycles. The van der Waals surface area contributed by atoms with Gasteiger partial charge in [0.2, 0.25) is 0 Å². The molecule has 128 valence electrons. The van der Waals surface area contributed by atoms with Crippen molar-refractivity contribution in [3.63, 3.8) is 0 Å². The highest BCUT2D eigenvalue weighted by Crippen LogP contribution is 2.28. The molecule has 0 radical (unpaired) electrons. The molecule has 0 heterocycles. The number of benzene rings is 2. The zero-order chi connectivity index (χ0) is 17.2. The molecule has 0 saturated heterocycles. The van der Waals surface area contributed by atoms with Gasteiger partial charge in [-0.25, -0.2) is 4.79 Å². The van der Waals surface area contributed by atoms with Crippen LogP contribution in [0.3, 0.4) is 0 Å². The van der Waals surface area contributed by atoms with Crippen LogP contribution in [0.1, 0.15) is 6.92 Å². The van der Waals surface area contributed by atoms with E-state index in [2.05, 4.69) is 6.58 Å². The average Bonchev–Trinajstić information content (AvgIpc) is 2.60. The molecule has 0 saturated carbocycles. The van der Waals surface area contributed by atoms with Crippen molar-refractivity contribution >= 4 is 16.7 Å². The molecular weight excluding hydrogens is 308 g/mol. The summed E-state index contributed by atoms with van der Waals surface area (Å²) in [5.41, 5.74) is 0. The Morgan fingerprint density at radius 2 is 1.92 bits per heavy atom. The minimum Gasteiger partial charge on any atom is -0.494 e. The summed E-state index contributed by atoms with van der Waals surface area (Å²) in [4.78, 5) is 10.8. The van der Waals surface area contributed by atoms with Crippen molar-refractivity contribution in [2.24, 2.45) is 0 Å². The van der Waals surface area contributed by atoms with Gasteiger partial charge in [-0.1, -0.05) is 18.7 Å². The van der Waals surface area contributed by atoms with E-state index in [0.717, 1.165) is 28.3 Å². The predicted octanol–water partition coefficient (Wildman–Crippen LogP) is 3.36. The largest absolute Gasteiger partial charge is 0.494 e. The van der Waals surface area contributed by atoms with Crippen molar-refractivity contribution in [3.8, 4) is 11.5 Å². The molecule has 0 atom stereocenters. The number of rotatable bonds is 10. The number of ether oxygens (including phenoxy) is 4. The van der Waals surface area contributed by atoms with E-state index in [1.54, 1.807) is 0 Å². The molecule has 0 aliphatic rings. The van der Waals surface area contributed by atoms with Gasteiger partial charge in [-0.2, -0.15) is 0 Å². The summed E-state index contributed by atoms with van der Waals surface area (Å²) in [7, 11) is 0. The predicted molar refractivity (Wildman–Crippen MR) is 92.6 cm³/mol. The number of carbonyl (C=O) groups is 1. The van der Waals surface area contributed by atoms with Gasteiger partial charge < -0.3 is 18.9 Å². The van der Waals surface area contributed by atoms with Gasteiger partial charge in [0, 0.05) is 11.5 Å². The first-order chi connectivity index (χ1) is 11.7. The van der Waals surface area contributed by atoms with Crippen LogP contribution in [0.15, 0.2) is 49.1 Å². The lowest BCUT2D eigenvalue weighted by molar-refractivity contribution is -0.139. The highest BCUT2D eigenvalue weighted by molar-refractivity contribution is 5.89. The third-order valence-electron chi connectivity index (χ3n) is 3.25. The smallest absolute Gasteiger partial charge is 0.330 e. The molecule has 0 aliphatic heterocycles. The van der Waals surface area contributed by atoms with Crippen molar-refractivity contribution in [1.29, 1.82) is 0 Å². The van der Waals surface area contributed by atoms with Crippen molar-refractivity contribution < 1.29 is 23.7 Å². The highest BCUT2D eigenvalue weighted by Gasteiger charge is 2.04. The number of fused-ring (bicyclic) bond motifs is 1. The normalized spacial score (nSPS) is 10.4. The second-order valence-electron chi connectivity index (χ2n) is 4.90. The van der Waals surface area contributed by atoms with E-state index >= 15 is 0 Å². The first-order valence-electron chi connectivity index (χ1n) is 7.90. The van der Waals surface area contributed by atoms with Crippen LogP contribution in [-0.4, -0.2) is 39.0 Å². The first-order valence-corrected chi connectivity index (χ1v) is 7.90. The molecule has 2 aromatic carbocycles. The van der Waals surface area contributed by atoms with Crippen LogP contribution in [0.4, 0.5) is 0 Å². The van der Waals surface area contributed by atoms with E-state index in [4.69, 9.17) is 18.9 Å². The molecule has 24 heavy (non-hydrogen) atoms. The minimum absolute atomic E-state index is 0.208. The summed E-state index contributed by atoms with van der Waals surface area (Å²) in [5.74, 6) is 1.20. The summed E-state index contributed by atoms with van der Waals surface area (Å²) in [6.07, 6.45) is 1.13. The van der Waals surface area contributed by atoms with Crippen LogP contribution in [-0.2, 0) is 14.3 Å². The maximum absolute atomic E-state index is 10.8. The fraction of sp³-hybridized carbons (Fsp3) is 0.316. The molecule has 0 unspecified atom stereocenters. The Bertz CT molecular complexity index is 681. The van der Waals surface area contributed by atoms with Crippen LogP contribution in [0.2, 0.25) is 0 Å². The summed E-state index contributed by atoms with van der Waals surface area (Å²) in [6, 6.07) is 11.8. The summed E-state index contributed by atoms with van der Waals surface area (Å²) in [5, 5.41) is 2.09. The van der Waals surface area contributed by atoms with Crippen molar-refractivity contribution in [2.75, 3.05) is 33.0 Å². The maximum Gasteiger partial charge on any atom is 0.330 e. The van der Waals surface area contributed by atoms with Crippen LogP contribution in [0.5, 0.6) is 11.5 Å². The van der Waals surface area contributed by atoms with Crippen LogP contribution in [0, 0.1) is 0 Å². The van der Waals surface area contributed by atoms with Gasteiger partial charge in [-0.05, 0) is 36.6 Å². The standard InChI is InChI=1S/C19H22O5/c1-3-19(20)24-13-11-21-10-12-23-18-7-5-6-15-14-16(22-4-2)8-9-17(15)18/h3,5-9,14H,1,4,10-13H2,2H3. The molecule has 5 nitrogen and oxygen atoms in total. The zero-order valence-electron chi connectivity index (χ0n) is 13.8.